The first-order chi connectivity index (χ1) is 15.3. The molecule has 1 aromatic carbocycles. The molecule has 1 fully saturated rings. The Bertz CT molecular complexity index is 1020. The van der Waals surface area contributed by atoms with Crippen LogP contribution in [0, 0.1) is 0 Å². The maximum Gasteiger partial charge on any atom is 0.158 e. The average molecular weight is 417 g/mol. The van der Waals surface area contributed by atoms with Gasteiger partial charge >= 0.3 is 0 Å². The van der Waals surface area contributed by atoms with Crippen molar-refractivity contribution in [3.05, 3.63) is 72.2 Å². The Kier molecular flexibility index (Phi) is 7.15. The molecule has 1 aromatic heterocycles. The van der Waals surface area contributed by atoms with E-state index in [-0.39, 0.29) is 0 Å². The van der Waals surface area contributed by atoms with Gasteiger partial charge in [-0.2, -0.15) is 0 Å². The van der Waals surface area contributed by atoms with Crippen molar-refractivity contribution >= 4 is 16.7 Å². The summed E-state index contributed by atoms with van der Waals surface area (Å²) in [5.74, 6) is 1.66. The van der Waals surface area contributed by atoms with Gasteiger partial charge in [0.05, 0.1) is 6.61 Å². The van der Waals surface area contributed by atoms with Gasteiger partial charge in [0.1, 0.15) is 17.0 Å². The molecule has 1 unspecified atom stereocenters. The summed E-state index contributed by atoms with van der Waals surface area (Å²) in [7, 11) is 1.82. The number of rotatable bonds is 6. The SMILES string of the molecule is CCC=C1C=CC=CN1C(=NC)c1ccc2cccc(OCCC3CCCCN3)c2n1. The molecule has 1 N–H and O–H groups in total. The summed E-state index contributed by atoms with van der Waals surface area (Å²) >= 11 is 0. The number of nitrogens with zero attached hydrogens (tertiary/aromatic N) is 3. The van der Waals surface area contributed by atoms with E-state index in [1.807, 2.05) is 43.6 Å². The van der Waals surface area contributed by atoms with E-state index < -0.39 is 0 Å². The molecule has 0 aliphatic carbocycles. The van der Waals surface area contributed by atoms with Gasteiger partial charge in [0.15, 0.2) is 5.84 Å². The van der Waals surface area contributed by atoms with Crippen LogP contribution in [0.2, 0.25) is 0 Å². The Morgan fingerprint density at radius 2 is 2.19 bits per heavy atom. The molecule has 2 aliphatic rings. The van der Waals surface area contributed by atoms with Crippen LogP contribution >= 0.6 is 0 Å². The third-order valence-electron chi connectivity index (χ3n) is 5.79. The number of amidine groups is 1. The van der Waals surface area contributed by atoms with Crippen molar-refractivity contribution in [1.82, 2.24) is 15.2 Å². The fourth-order valence-electron chi connectivity index (χ4n) is 4.21. The van der Waals surface area contributed by atoms with Crippen molar-refractivity contribution in [3.63, 3.8) is 0 Å². The number of para-hydroxylation sites is 1. The van der Waals surface area contributed by atoms with E-state index in [1.54, 1.807) is 0 Å². The van der Waals surface area contributed by atoms with Crippen molar-refractivity contribution in [2.45, 2.75) is 45.1 Å². The standard InChI is InChI=1S/C26H32N4O/c1-3-9-22-12-5-7-18-30(22)26(27-2)23-15-14-20-10-8-13-24(25(20)29-23)31-19-16-21-11-4-6-17-28-21/h5,7-10,12-15,18,21,28H,3-4,6,11,16-17,19H2,1-2H3. The van der Waals surface area contributed by atoms with E-state index in [0.29, 0.717) is 12.6 Å². The maximum absolute atomic E-state index is 6.20. The van der Waals surface area contributed by atoms with Gasteiger partial charge in [0, 0.05) is 30.4 Å². The molecule has 0 bridgehead atoms. The summed E-state index contributed by atoms with van der Waals surface area (Å²) < 4.78 is 6.20. The fourth-order valence-corrected chi connectivity index (χ4v) is 4.21. The van der Waals surface area contributed by atoms with Crippen LogP contribution in [0.25, 0.3) is 10.9 Å². The number of hydrogen-bond acceptors (Lipinski definition) is 4. The first-order valence-corrected chi connectivity index (χ1v) is 11.4. The van der Waals surface area contributed by atoms with Crippen LogP contribution in [0.4, 0.5) is 0 Å². The Morgan fingerprint density at radius 1 is 1.26 bits per heavy atom. The Labute approximate surface area is 185 Å². The molecular weight excluding hydrogens is 384 g/mol. The highest BCUT2D eigenvalue weighted by Gasteiger charge is 2.18. The average Bonchev–Trinajstić information content (AvgIpc) is 2.82. The van der Waals surface area contributed by atoms with Crippen LogP contribution < -0.4 is 10.1 Å². The monoisotopic (exact) mass is 416 g/mol. The van der Waals surface area contributed by atoms with Gasteiger partial charge in [-0.05, 0) is 56.5 Å². The first-order valence-electron chi connectivity index (χ1n) is 11.4. The number of piperidine rings is 1. The maximum atomic E-state index is 6.20. The van der Waals surface area contributed by atoms with Crippen LogP contribution in [0.3, 0.4) is 0 Å². The Morgan fingerprint density at radius 3 is 3.00 bits per heavy atom. The molecule has 31 heavy (non-hydrogen) atoms. The van der Waals surface area contributed by atoms with Gasteiger partial charge in [0.2, 0.25) is 0 Å². The predicted molar refractivity (Wildman–Crippen MR) is 128 cm³/mol. The van der Waals surface area contributed by atoms with Gasteiger partial charge in [-0.25, -0.2) is 4.98 Å². The molecule has 4 rings (SSSR count). The number of nitrogens with one attached hydrogen (secondary N) is 1. The van der Waals surface area contributed by atoms with Gasteiger partial charge in [-0.1, -0.05) is 43.7 Å². The fraction of sp³-hybridized carbons (Fsp3) is 0.385. The highest BCUT2D eigenvalue weighted by atomic mass is 16.5. The number of aromatic nitrogens is 1. The number of hydrogen-bond donors (Lipinski definition) is 1. The second-order valence-electron chi connectivity index (χ2n) is 7.96. The smallest absolute Gasteiger partial charge is 0.158 e. The zero-order chi connectivity index (χ0) is 21.5. The van der Waals surface area contributed by atoms with Gasteiger partial charge < -0.3 is 15.0 Å². The van der Waals surface area contributed by atoms with Crippen molar-refractivity contribution < 1.29 is 4.74 Å². The second-order valence-corrected chi connectivity index (χ2v) is 7.96. The lowest BCUT2D eigenvalue weighted by Crippen LogP contribution is -2.35. The highest BCUT2D eigenvalue weighted by molar-refractivity contribution is 6.01. The van der Waals surface area contributed by atoms with E-state index in [2.05, 4.69) is 46.4 Å². The minimum atomic E-state index is 0.564. The van der Waals surface area contributed by atoms with Crippen LogP contribution in [0.1, 0.15) is 44.7 Å². The molecule has 1 atom stereocenters. The molecule has 2 aromatic rings. The van der Waals surface area contributed by atoms with E-state index in [4.69, 9.17) is 9.72 Å². The second kappa shape index (κ2) is 10.4. The lowest BCUT2D eigenvalue weighted by Gasteiger charge is -2.25. The summed E-state index contributed by atoms with van der Waals surface area (Å²) in [6.07, 6.45) is 16.2. The summed E-state index contributed by atoms with van der Waals surface area (Å²) in [6.45, 7) is 3.96. The summed E-state index contributed by atoms with van der Waals surface area (Å²) in [6, 6.07) is 10.8. The zero-order valence-electron chi connectivity index (χ0n) is 18.6. The molecule has 5 heteroatoms. The first kappa shape index (κ1) is 21.3. The molecule has 0 saturated carbocycles. The summed E-state index contributed by atoms with van der Waals surface area (Å²) in [4.78, 5) is 11.7. The normalized spacial score (nSPS) is 20.6. The predicted octanol–water partition coefficient (Wildman–Crippen LogP) is 5.20. The minimum absolute atomic E-state index is 0.564. The number of aliphatic imine (C=N–C) groups is 1. The van der Waals surface area contributed by atoms with Crippen LogP contribution in [-0.4, -0.2) is 42.0 Å². The largest absolute Gasteiger partial charge is 0.491 e. The Hall–Kier alpha value is -2.92. The van der Waals surface area contributed by atoms with Crippen LogP contribution in [-0.2, 0) is 0 Å². The number of benzene rings is 1. The molecular formula is C26H32N4O. The third-order valence-corrected chi connectivity index (χ3v) is 5.79. The lowest BCUT2D eigenvalue weighted by atomic mass is 10.0. The summed E-state index contributed by atoms with van der Waals surface area (Å²) in [5, 5.41) is 4.67. The molecule has 0 amide bonds. The van der Waals surface area contributed by atoms with Gasteiger partial charge in [0.25, 0.3) is 0 Å². The van der Waals surface area contributed by atoms with Crippen LogP contribution in [0.5, 0.6) is 5.75 Å². The van der Waals surface area contributed by atoms with Crippen molar-refractivity contribution in [3.8, 4) is 5.75 Å². The van der Waals surface area contributed by atoms with Gasteiger partial charge in [-0.15, -0.1) is 0 Å². The van der Waals surface area contributed by atoms with Crippen molar-refractivity contribution in [1.29, 1.82) is 0 Å². The number of ether oxygens (including phenoxy) is 1. The number of allylic oxidation sites excluding steroid dienone is 4. The lowest BCUT2D eigenvalue weighted by molar-refractivity contribution is 0.270. The number of pyridine rings is 1. The Balaban J connectivity index is 1.57. The zero-order valence-corrected chi connectivity index (χ0v) is 18.6. The topological polar surface area (TPSA) is 49.8 Å². The van der Waals surface area contributed by atoms with Crippen molar-refractivity contribution in [2.24, 2.45) is 4.99 Å². The van der Waals surface area contributed by atoms with E-state index >= 15 is 0 Å². The van der Waals surface area contributed by atoms with Gasteiger partial charge in [-0.3, -0.25) is 4.99 Å². The minimum Gasteiger partial charge on any atom is -0.491 e. The molecule has 0 radical (unpaired) electrons. The highest BCUT2D eigenvalue weighted by Crippen LogP contribution is 2.26. The molecule has 162 valence electrons. The quantitative estimate of drug-likeness (QED) is 0.519. The van der Waals surface area contributed by atoms with E-state index in [9.17, 15) is 0 Å². The number of fused-ring (bicyclic) bond motifs is 1. The molecule has 3 heterocycles. The molecule has 5 nitrogen and oxygen atoms in total. The molecule has 2 aliphatic heterocycles. The molecule has 0 spiro atoms. The van der Waals surface area contributed by atoms with Crippen LogP contribution in [0.15, 0.2) is 71.5 Å². The van der Waals surface area contributed by atoms with E-state index in [1.165, 1.54) is 19.3 Å². The molecule has 1 saturated heterocycles. The summed E-state index contributed by atoms with van der Waals surface area (Å²) in [5.41, 5.74) is 2.83. The van der Waals surface area contributed by atoms with E-state index in [0.717, 1.165) is 53.3 Å². The van der Waals surface area contributed by atoms with Crippen molar-refractivity contribution in [2.75, 3.05) is 20.2 Å². The third kappa shape index (κ3) is 5.05.